The summed E-state index contributed by atoms with van der Waals surface area (Å²) < 4.78 is 5.23. The summed E-state index contributed by atoms with van der Waals surface area (Å²) in [5, 5.41) is 22.1. The van der Waals surface area contributed by atoms with Crippen molar-refractivity contribution < 1.29 is 9.84 Å². The number of nitriles is 1. The average Bonchev–Trinajstić information content (AvgIpc) is 2.53. The Hall–Kier alpha value is -2.51. The van der Waals surface area contributed by atoms with Crippen molar-refractivity contribution in [2.45, 2.75) is 6.10 Å². The highest BCUT2D eigenvalue weighted by atomic mass is 16.5. The molecule has 0 fully saturated rings. The summed E-state index contributed by atoms with van der Waals surface area (Å²) >= 11 is 0. The molecular weight excluding hydrogens is 252 g/mol. The van der Waals surface area contributed by atoms with Gasteiger partial charge in [-0.25, -0.2) is 0 Å². The number of hydrogen-bond donors (Lipinski definition) is 2. The van der Waals surface area contributed by atoms with Crippen molar-refractivity contribution in [3.8, 4) is 11.8 Å². The maximum Gasteiger partial charge on any atom is 0.143 e. The molecule has 0 aliphatic heterocycles. The minimum atomic E-state index is -0.600. The molecule has 1 unspecified atom stereocenters. The number of aliphatic hydroxyl groups is 1. The van der Waals surface area contributed by atoms with Gasteiger partial charge in [-0.2, -0.15) is 5.26 Å². The molecule has 2 aromatic carbocycles. The maximum atomic E-state index is 10.1. The number of nitrogens with zero attached hydrogens (tertiary/aromatic N) is 1. The zero-order valence-corrected chi connectivity index (χ0v) is 11.2. The summed E-state index contributed by atoms with van der Waals surface area (Å²) in [6, 6.07) is 16.7. The Kier molecular flexibility index (Phi) is 4.59. The highest BCUT2D eigenvalue weighted by molar-refractivity contribution is 5.59. The molecule has 4 nitrogen and oxygen atoms in total. The van der Waals surface area contributed by atoms with Gasteiger partial charge in [-0.3, -0.25) is 0 Å². The van der Waals surface area contributed by atoms with Crippen LogP contribution in [-0.2, 0) is 0 Å². The number of rotatable bonds is 5. The van der Waals surface area contributed by atoms with Crippen molar-refractivity contribution in [1.82, 2.24) is 0 Å². The normalized spacial score (nSPS) is 11.4. The Morgan fingerprint density at radius 3 is 2.65 bits per heavy atom. The van der Waals surface area contributed by atoms with Gasteiger partial charge < -0.3 is 15.2 Å². The molecule has 2 N–H and O–H groups in total. The second-order valence-electron chi connectivity index (χ2n) is 4.33. The Morgan fingerprint density at radius 2 is 2.00 bits per heavy atom. The van der Waals surface area contributed by atoms with E-state index in [1.807, 2.05) is 30.3 Å². The second-order valence-corrected chi connectivity index (χ2v) is 4.33. The molecule has 0 aliphatic rings. The average molecular weight is 268 g/mol. The number of nitrogens with one attached hydrogen (secondary N) is 1. The van der Waals surface area contributed by atoms with Gasteiger partial charge in [-0.05, 0) is 17.7 Å². The smallest absolute Gasteiger partial charge is 0.143 e. The molecule has 0 radical (unpaired) electrons. The molecule has 1 atom stereocenters. The SMILES string of the molecule is COc1cc(C#N)ccc1NCC(O)c1ccccc1. The number of benzene rings is 2. The summed E-state index contributed by atoms with van der Waals surface area (Å²) in [5.74, 6) is 0.587. The first-order valence-electron chi connectivity index (χ1n) is 6.29. The first kappa shape index (κ1) is 13.9. The number of hydrogen-bond acceptors (Lipinski definition) is 4. The predicted molar refractivity (Wildman–Crippen MR) is 77.6 cm³/mol. The fraction of sp³-hybridized carbons (Fsp3) is 0.188. The summed E-state index contributed by atoms with van der Waals surface area (Å²) in [6.45, 7) is 0.367. The lowest BCUT2D eigenvalue weighted by Gasteiger charge is -2.15. The van der Waals surface area contributed by atoms with Crippen LogP contribution >= 0.6 is 0 Å². The Labute approximate surface area is 118 Å². The van der Waals surface area contributed by atoms with Crippen LogP contribution in [0.4, 0.5) is 5.69 Å². The molecule has 102 valence electrons. The van der Waals surface area contributed by atoms with E-state index in [0.29, 0.717) is 17.9 Å². The van der Waals surface area contributed by atoms with E-state index in [0.717, 1.165) is 11.3 Å². The van der Waals surface area contributed by atoms with Gasteiger partial charge in [0.1, 0.15) is 5.75 Å². The van der Waals surface area contributed by atoms with Crippen molar-refractivity contribution >= 4 is 5.69 Å². The highest BCUT2D eigenvalue weighted by Gasteiger charge is 2.09. The number of ether oxygens (including phenoxy) is 1. The highest BCUT2D eigenvalue weighted by Crippen LogP contribution is 2.26. The maximum absolute atomic E-state index is 10.1. The first-order chi connectivity index (χ1) is 9.74. The van der Waals surface area contributed by atoms with Crippen LogP contribution in [0.25, 0.3) is 0 Å². The first-order valence-corrected chi connectivity index (χ1v) is 6.29. The predicted octanol–water partition coefficient (Wildman–Crippen LogP) is 2.71. The van der Waals surface area contributed by atoms with Crippen LogP contribution in [0.15, 0.2) is 48.5 Å². The van der Waals surface area contributed by atoms with Crippen LogP contribution in [0.5, 0.6) is 5.75 Å². The molecule has 0 saturated carbocycles. The molecule has 0 bridgehead atoms. The third-order valence-corrected chi connectivity index (χ3v) is 3.00. The largest absolute Gasteiger partial charge is 0.495 e. The molecule has 0 aromatic heterocycles. The van der Waals surface area contributed by atoms with Gasteiger partial charge in [-0.15, -0.1) is 0 Å². The number of methoxy groups -OCH3 is 1. The lowest BCUT2D eigenvalue weighted by Crippen LogP contribution is -2.12. The quantitative estimate of drug-likeness (QED) is 0.875. The molecule has 0 aliphatic carbocycles. The Balaban J connectivity index is 2.06. The summed E-state index contributed by atoms with van der Waals surface area (Å²) in [7, 11) is 1.55. The Morgan fingerprint density at radius 1 is 1.25 bits per heavy atom. The van der Waals surface area contributed by atoms with E-state index in [1.165, 1.54) is 0 Å². The number of aliphatic hydroxyl groups excluding tert-OH is 1. The van der Waals surface area contributed by atoms with Crippen molar-refractivity contribution in [2.24, 2.45) is 0 Å². The molecule has 2 rings (SSSR count). The molecule has 0 saturated heterocycles. The van der Waals surface area contributed by atoms with E-state index in [9.17, 15) is 5.11 Å². The zero-order valence-electron chi connectivity index (χ0n) is 11.2. The van der Waals surface area contributed by atoms with Crippen LogP contribution in [0, 0.1) is 11.3 Å². The van der Waals surface area contributed by atoms with Gasteiger partial charge in [0, 0.05) is 12.6 Å². The summed E-state index contributed by atoms with van der Waals surface area (Å²) in [5.41, 5.74) is 2.14. The third-order valence-electron chi connectivity index (χ3n) is 3.00. The van der Waals surface area contributed by atoms with Gasteiger partial charge in [-0.1, -0.05) is 30.3 Å². The lowest BCUT2D eigenvalue weighted by atomic mass is 10.1. The van der Waals surface area contributed by atoms with Gasteiger partial charge in [0.2, 0.25) is 0 Å². The van der Waals surface area contributed by atoms with Crippen LogP contribution in [0.1, 0.15) is 17.2 Å². The lowest BCUT2D eigenvalue weighted by molar-refractivity contribution is 0.191. The topological polar surface area (TPSA) is 65.3 Å². The third kappa shape index (κ3) is 3.28. The molecule has 20 heavy (non-hydrogen) atoms. The second kappa shape index (κ2) is 6.60. The molecule has 0 heterocycles. The zero-order chi connectivity index (χ0) is 14.4. The molecular formula is C16H16N2O2. The van der Waals surface area contributed by atoms with E-state index in [-0.39, 0.29) is 0 Å². The molecule has 4 heteroatoms. The van der Waals surface area contributed by atoms with E-state index in [2.05, 4.69) is 11.4 Å². The van der Waals surface area contributed by atoms with Gasteiger partial charge in [0.25, 0.3) is 0 Å². The van der Waals surface area contributed by atoms with Crippen molar-refractivity contribution in [3.63, 3.8) is 0 Å². The molecule has 0 spiro atoms. The van der Waals surface area contributed by atoms with E-state index in [4.69, 9.17) is 10.00 Å². The molecule has 0 amide bonds. The minimum absolute atomic E-state index is 0.367. The Bertz CT molecular complexity index is 606. The fourth-order valence-corrected chi connectivity index (χ4v) is 1.91. The van der Waals surface area contributed by atoms with E-state index >= 15 is 0 Å². The van der Waals surface area contributed by atoms with Crippen LogP contribution in [0.3, 0.4) is 0 Å². The van der Waals surface area contributed by atoms with E-state index in [1.54, 1.807) is 25.3 Å². The van der Waals surface area contributed by atoms with Crippen LogP contribution < -0.4 is 10.1 Å². The van der Waals surface area contributed by atoms with E-state index < -0.39 is 6.10 Å². The van der Waals surface area contributed by atoms with Gasteiger partial charge >= 0.3 is 0 Å². The van der Waals surface area contributed by atoms with Gasteiger partial charge in [0.05, 0.1) is 30.5 Å². The summed E-state index contributed by atoms with van der Waals surface area (Å²) in [4.78, 5) is 0. The van der Waals surface area contributed by atoms with Crippen LogP contribution in [0.2, 0.25) is 0 Å². The fourth-order valence-electron chi connectivity index (χ4n) is 1.91. The van der Waals surface area contributed by atoms with Gasteiger partial charge in [0.15, 0.2) is 0 Å². The summed E-state index contributed by atoms with van der Waals surface area (Å²) in [6.07, 6.45) is -0.600. The van der Waals surface area contributed by atoms with Crippen LogP contribution in [-0.4, -0.2) is 18.8 Å². The van der Waals surface area contributed by atoms with Crippen molar-refractivity contribution in [2.75, 3.05) is 19.0 Å². The van der Waals surface area contributed by atoms with Crippen molar-refractivity contribution in [3.05, 3.63) is 59.7 Å². The minimum Gasteiger partial charge on any atom is -0.495 e. The monoisotopic (exact) mass is 268 g/mol. The standard InChI is InChI=1S/C16H16N2O2/c1-20-16-9-12(10-17)7-8-14(16)18-11-15(19)13-5-3-2-4-6-13/h2-9,15,18-19H,11H2,1H3. The molecule has 2 aromatic rings. The van der Waals surface area contributed by atoms with Crippen molar-refractivity contribution in [1.29, 1.82) is 5.26 Å². The number of anilines is 1.